The molecule has 0 unspecified atom stereocenters. The van der Waals surface area contributed by atoms with E-state index in [1.165, 1.54) is 19.3 Å². The number of ether oxygens (including phenoxy) is 1. The van der Waals surface area contributed by atoms with Crippen LogP contribution in [0.25, 0.3) is 11.4 Å². The molecule has 2 aromatic rings. The van der Waals surface area contributed by atoms with Gasteiger partial charge >= 0.3 is 0 Å². The van der Waals surface area contributed by atoms with E-state index in [0.717, 1.165) is 50.1 Å². The van der Waals surface area contributed by atoms with Gasteiger partial charge in [0.25, 0.3) is 0 Å². The fraction of sp³-hybridized carbons (Fsp3) is 0.571. The minimum atomic E-state index is 0.236. The molecule has 1 saturated heterocycles. The number of rotatable bonds is 4. The van der Waals surface area contributed by atoms with E-state index in [4.69, 9.17) is 9.26 Å². The molecular weight excluding hydrogens is 342 g/mol. The Labute approximate surface area is 159 Å². The highest BCUT2D eigenvalue weighted by atomic mass is 16.5. The third-order valence-electron chi connectivity index (χ3n) is 5.90. The van der Waals surface area contributed by atoms with E-state index in [9.17, 15) is 4.79 Å². The minimum absolute atomic E-state index is 0.236. The largest absolute Gasteiger partial charge is 0.497 e. The highest BCUT2D eigenvalue weighted by Crippen LogP contribution is 2.31. The summed E-state index contributed by atoms with van der Waals surface area (Å²) >= 11 is 0. The number of nitrogens with zero attached hydrogens (tertiary/aromatic N) is 3. The average Bonchev–Trinajstić information content (AvgIpc) is 3.24. The van der Waals surface area contributed by atoms with Crippen LogP contribution in [0.3, 0.4) is 0 Å². The molecule has 2 aliphatic rings. The number of piperidine rings is 1. The van der Waals surface area contributed by atoms with Crippen LogP contribution >= 0.6 is 0 Å². The number of methoxy groups -OCH3 is 1. The molecule has 1 aromatic carbocycles. The second-order valence-electron chi connectivity index (χ2n) is 7.62. The van der Waals surface area contributed by atoms with Gasteiger partial charge in [-0.25, -0.2) is 0 Å². The number of aromatic nitrogens is 2. The summed E-state index contributed by atoms with van der Waals surface area (Å²) in [6.07, 6.45) is 7.58. The lowest BCUT2D eigenvalue weighted by atomic mass is 9.87. The molecule has 6 heteroatoms. The SMILES string of the molecule is COc1ccc(-c2noc(C3CCN(C(=O)C4CCCCC4)CC3)n2)cc1. The van der Waals surface area contributed by atoms with Crippen molar-refractivity contribution in [2.24, 2.45) is 5.92 Å². The summed E-state index contributed by atoms with van der Waals surface area (Å²) < 4.78 is 10.7. The first-order valence-electron chi connectivity index (χ1n) is 10.0. The maximum absolute atomic E-state index is 12.7. The Bertz CT molecular complexity index is 757. The van der Waals surface area contributed by atoms with Gasteiger partial charge in [-0.1, -0.05) is 24.4 Å². The monoisotopic (exact) mass is 369 g/mol. The Kier molecular flexibility index (Phi) is 5.41. The summed E-state index contributed by atoms with van der Waals surface area (Å²) in [5.41, 5.74) is 0.913. The fourth-order valence-corrected chi connectivity index (χ4v) is 4.21. The summed E-state index contributed by atoms with van der Waals surface area (Å²) in [7, 11) is 1.65. The first kappa shape index (κ1) is 18.0. The van der Waals surface area contributed by atoms with E-state index in [1.807, 2.05) is 29.2 Å². The van der Waals surface area contributed by atoms with Crippen LogP contribution in [0.2, 0.25) is 0 Å². The second-order valence-corrected chi connectivity index (χ2v) is 7.62. The zero-order chi connectivity index (χ0) is 18.6. The number of carbonyl (C=O) groups excluding carboxylic acids is 1. The zero-order valence-corrected chi connectivity index (χ0v) is 15.9. The van der Waals surface area contributed by atoms with Crippen LogP contribution in [0, 0.1) is 5.92 Å². The van der Waals surface area contributed by atoms with Crippen molar-refractivity contribution in [3.8, 4) is 17.1 Å². The van der Waals surface area contributed by atoms with Gasteiger partial charge < -0.3 is 14.2 Å². The fourth-order valence-electron chi connectivity index (χ4n) is 4.21. The summed E-state index contributed by atoms with van der Waals surface area (Å²) in [6.45, 7) is 1.58. The summed E-state index contributed by atoms with van der Waals surface area (Å²) in [5, 5.41) is 4.14. The molecular formula is C21H27N3O3. The van der Waals surface area contributed by atoms with Crippen LogP contribution in [0.15, 0.2) is 28.8 Å². The van der Waals surface area contributed by atoms with E-state index in [-0.39, 0.29) is 11.8 Å². The van der Waals surface area contributed by atoms with Gasteiger partial charge in [0.2, 0.25) is 17.6 Å². The maximum Gasteiger partial charge on any atom is 0.230 e. The smallest absolute Gasteiger partial charge is 0.230 e. The van der Waals surface area contributed by atoms with E-state index in [0.29, 0.717) is 17.6 Å². The Morgan fingerprint density at radius 1 is 1.07 bits per heavy atom. The van der Waals surface area contributed by atoms with Gasteiger partial charge in [0.1, 0.15) is 5.75 Å². The van der Waals surface area contributed by atoms with E-state index >= 15 is 0 Å². The predicted molar refractivity (Wildman–Crippen MR) is 101 cm³/mol. The molecule has 0 N–H and O–H groups in total. The molecule has 1 aliphatic carbocycles. The molecule has 1 aromatic heterocycles. The molecule has 6 nitrogen and oxygen atoms in total. The molecule has 1 amide bonds. The summed E-state index contributed by atoms with van der Waals surface area (Å²) in [5.74, 6) is 2.94. The number of benzene rings is 1. The lowest BCUT2D eigenvalue weighted by Crippen LogP contribution is -2.41. The Balaban J connectivity index is 1.35. The van der Waals surface area contributed by atoms with Crippen molar-refractivity contribution in [2.75, 3.05) is 20.2 Å². The van der Waals surface area contributed by atoms with Crippen molar-refractivity contribution in [1.82, 2.24) is 15.0 Å². The van der Waals surface area contributed by atoms with Crippen molar-refractivity contribution in [1.29, 1.82) is 0 Å². The Morgan fingerprint density at radius 3 is 2.44 bits per heavy atom. The van der Waals surface area contributed by atoms with Crippen molar-refractivity contribution in [3.05, 3.63) is 30.2 Å². The van der Waals surface area contributed by atoms with Crippen LogP contribution in [0.5, 0.6) is 5.75 Å². The van der Waals surface area contributed by atoms with Crippen LogP contribution in [0.1, 0.15) is 56.8 Å². The average molecular weight is 369 g/mol. The van der Waals surface area contributed by atoms with Crippen molar-refractivity contribution < 1.29 is 14.1 Å². The molecule has 27 heavy (non-hydrogen) atoms. The van der Waals surface area contributed by atoms with Crippen LogP contribution in [0.4, 0.5) is 0 Å². The van der Waals surface area contributed by atoms with E-state index < -0.39 is 0 Å². The molecule has 4 rings (SSSR count). The van der Waals surface area contributed by atoms with Gasteiger partial charge in [-0.15, -0.1) is 0 Å². The lowest BCUT2D eigenvalue weighted by Gasteiger charge is -2.34. The lowest BCUT2D eigenvalue weighted by molar-refractivity contribution is -0.137. The van der Waals surface area contributed by atoms with Gasteiger partial charge in [-0.2, -0.15) is 4.98 Å². The standard InChI is InChI=1S/C21H27N3O3/c1-26-18-9-7-15(8-10-18)19-22-20(27-23-19)16-11-13-24(14-12-16)21(25)17-5-3-2-4-6-17/h7-10,16-17H,2-6,11-14H2,1H3. The third kappa shape index (κ3) is 3.99. The first-order chi connectivity index (χ1) is 13.2. The molecule has 0 radical (unpaired) electrons. The normalized spacial score (nSPS) is 19.2. The second kappa shape index (κ2) is 8.11. The molecule has 144 valence electrons. The van der Waals surface area contributed by atoms with Gasteiger partial charge in [-0.05, 0) is 49.9 Å². The number of likely N-dealkylation sites (tertiary alicyclic amines) is 1. The summed E-state index contributed by atoms with van der Waals surface area (Å²) in [6, 6.07) is 7.64. The molecule has 1 aliphatic heterocycles. The Morgan fingerprint density at radius 2 is 1.78 bits per heavy atom. The molecule has 1 saturated carbocycles. The van der Waals surface area contributed by atoms with Gasteiger partial charge in [0.15, 0.2) is 0 Å². The molecule has 0 spiro atoms. The number of hydrogen-bond donors (Lipinski definition) is 0. The highest BCUT2D eigenvalue weighted by molar-refractivity contribution is 5.79. The highest BCUT2D eigenvalue weighted by Gasteiger charge is 2.31. The van der Waals surface area contributed by atoms with Crippen molar-refractivity contribution in [3.63, 3.8) is 0 Å². The molecule has 2 fully saturated rings. The molecule has 2 heterocycles. The first-order valence-corrected chi connectivity index (χ1v) is 10.0. The third-order valence-corrected chi connectivity index (χ3v) is 5.90. The predicted octanol–water partition coefficient (Wildman–Crippen LogP) is 4.03. The summed E-state index contributed by atoms with van der Waals surface area (Å²) in [4.78, 5) is 19.3. The number of amides is 1. The van der Waals surface area contributed by atoms with E-state index in [2.05, 4.69) is 10.1 Å². The van der Waals surface area contributed by atoms with Gasteiger partial charge in [0.05, 0.1) is 7.11 Å². The zero-order valence-electron chi connectivity index (χ0n) is 15.9. The molecule has 0 bridgehead atoms. The van der Waals surface area contributed by atoms with Crippen LogP contribution < -0.4 is 4.74 Å². The van der Waals surface area contributed by atoms with Crippen molar-refractivity contribution in [2.45, 2.75) is 50.9 Å². The molecule has 0 atom stereocenters. The number of hydrogen-bond acceptors (Lipinski definition) is 5. The minimum Gasteiger partial charge on any atom is -0.497 e. The van der Waals surface area contributed by atoms with Gasteiger partial charge in [0, 0.05) is 30.5 Å². The Hall–Kier alpha value is -2.37. The van der Waals surface area contributed by atoms with Crippen molar-refractivity contribution >= 4 is 5.91 Å². The topological polar surface area (TPSA) is 68.5 Å². The van der Waals surface area contributed by atoms with Crippen LogP contribution in [-0.2, 0) is 4.79 Å². The van der Waals surface area contributed by atoms with E-state index in [1.54, 1.807) is 7.11 Å². The van der Waals surface area contributed by atoms with Crippen LogP contribution in [-0.4, -0.2) is 41.1 Å². The quantitative estimate of drug-likeness (QED) is 0.814. The maximum atomic E-state index is 12.7. The van der Waals surface area contributed by atoms with Gasteiger partial charge in [-0.3, -0.25) is 4.79 Å². The number of carbonyl (C=O) groups is 1.